The molecule has 10 aliphatic rings. The highest BCUT2D eigenvalue weighted by Gasteiger charge is 2.51. The van der Waals surface area contributed by atoms with Crippen molar-refractivity contribution < 1.29 is 0 Å². The van der Waals surface area contributed by atoms with Gasteiger partial charge in [-0.2, -0.15) is 0 Å². The van der Waals surface area contributed by atoms with Crippen LogP contribution >= 0.6 is 0 Å². The van der Waals surface area contributed by atoms with Gasteiger partial charge in [0.1, 0.15) is 0 Å². The van der Waals surface area contributed by atoms with Crippen molar-refractivity contribution in [2.45, 2.75) is 121 Å². The van der Waals surface area contributed by atoms with Crippen molar-refractivity contribution in [3.63, 3.8) is 0 Å². The van der Waals surface area contributed by atoms with Crippen molar-refractivity contribution in [2.75, 3.05) is 0 Å². The molecule has 0 heterocycles. The highest BCUT2D eigenvalue weighted by Crippen LogP contribution is 2.66. The Morgan fingerprint density at radius 2 is 1.39 bits per heavy atom. The van der Waals surface area contributed by atoms with E-state index in [9.17, 15) is 0 Å². The van der Waals surface area contributed by atoms with Crippen molar-refractivity contribution in [3.05, 3.63) is 196 Å². The first-order valence-corrected chi connectivity index (χ1v) is 28.5. The third kappa shape index (κ3) is 6.82. The number of benzene rings is 5. The molecule has 5 aromatic carbocycles. The van der Waals surface area contributed by atoms with Crippen molar-refractivity contribution in [1.82, 2.24) is 0 Å². The molecule has 0 N–H and O–H groups in total. The van der Waals surface area contributed by atoms with Crippen molar-refractivity contribution in [1.29, 1.82) is 0 Å². The molecule has 5 aromatic rings. The SMILES string of the molecule is C1=CC(c2cccc(-c3c4c(c(C5=CCCC(C6=CCCCC6)=C5)c5cc6c7c(cccc7c35)-c3ccccc3-6)C3=CC=C(C5CC(C6CC=CCC6)C=C5C5C=CCCC5)C5CCCC4C35)c2)=CCC1. The minimum absolute atomic E-state index is 0.478. The molecule has 15 rings (SSSR count). The van der Waals surface area contributed by atoms with Crippen LogP contribution in [0.15, 0.2) is 174 Å². The van der Waals surface area contributed by atoms with Gasteiger partial charge in [-0.05, 0) is 262 Å². The van der Waals surface area contributed by atoms with Gasteiger partial charge in [-0.3, -0.25) is 0 Å². The van der Waals surface area contributed by atoms with E-state index in [1.807, 2.05) is 0 Å². The molecule has 0 bridgehead atoms. The topological polar surface area (TPSA) is 0 Å². The molecule has 0 radical (unpaired) electrons. The second-order valence-electron chi connectivity index (χ2n) is 23.3. The number of hydrogen-bond donors (Lipinski definition) is 0. The predicted molar refractivity (Wildman–Crippen MR) is 302 cm³/mol. The highest BCUT2D eigenvalue weighted by atomic mass is 14.5. The first-order chi connectivity index (χ1) is 35.2. The summed E-state index contributed by atoms with van der Waals surface area (Å²) >= 11 is 0. The Morgan fingerprint density at radius 3 is 2.25 bits per heavy atom. The lowest BCUT2D eigenvalue weighted by Crippen LogP contribution is -2.31. The van der Waals surface area contributed by atoms with Gasteiger partial charge in [0.05, 0.1) is 0 Å². The zero-order valence-corrected chi connectivity index (χ0v) is 41.7. The molecule has 0 amide bonds. The third-order valence-corrected chi connectivity index (χ3v) is 19.7. The Labute approximate surface area is 422 Å². The van der Waals surface area contributed by atoms with E-state index < -0.39 is 0 Å². The molecule has 7 unspecified atom stereocenters. The second kappa shape index (κ2) is 17.4. The summed E-state index contributed by atoms with van der Waals surface area (Å²) in [6, 6.07) is 29.1. The maximum atomic E-state index is 2.87. The Morgan fingerprint density at radius 1 is 0.507 bits per heavy atom. The Hall–Kier alpha value is -5.98. The Kier molecular flexibility index (Phi) is 10.4. The van der Waals surface area contributed by atoms with Crippen LogP contribution in [0.25, 0.3) is 71.6 Å². The van der Waals surface area contributed by atoms with Crippen molar-refractivity contribution in [3.8, 4) is 33.4 Å². The molecule has 0 aliphatic heterocycles. The average Bonchev–Trinajstić information content (AvgIpc) is 4.14. The fraction of sp³-hybridized carbons (Fsp3) is 0.352. The average molecular weight is 921 g/mol. The molecule has 1 fully saturated rings. The molecule has 0 saturated heterocycles. The van der Waals surface area contributed by atoms with E-state index in [2.05, 4.69) is 152 Å². The van der Waals surface area contributed by atoms with Crippen LogP contribution in [-0.4, -0.2) is 0 Å². The normalized spacial score (nSPS) is 28.1. The van der Waals surface area contributed by atoms with Gasteiger partial charge < -0.3 is 0 Å². The van der Waals surface area contributed by atoms with E-state index in [4.69, 9.17) is 0 Å². The van der Waals surface area contributed by atoms with E-state index in [0.29, 0.717) is 35.5 Å². The van der Waals surface area contributed by atoms with Crippen LogP contribution in [0.5, 0.6) is 0 Å². The minimum atomic E-state index is 0.478. The van der Waals surface area contributed by atoms with Gasteiger partial charge in [-0.25, -0.2) is 0 Å². The molecule has 71 heavy (non-hydrogen) atoms. The summed E-state index contributed by atoms with van der Waals surface area (Å²) in [4.78, 5) is 0. The van der Waals surface area contributed by atoms with Gasteiger partial charge in [0.25, 0.3) is 0 Å². The van der Waals surface area contributed by atoms with E-state index in [0.717, 1.165) is 31.6 Å². The zero-order valence-electron chi connectivity index (χ0n) is 41.7. The summed E-state index contributed by atoms with van der Waals surface area (Å²) in [7, 11) is 0. The number of hydrogen-bond acceptors (Lipinski definition) is 0. The van der Waals surface area contributed by atoms with Gasteiger partial charge in [-0.15, -0.1) is 0 Å². The van der Waals surface area contributed by atoms with Gasteiger partial charge in [0.15, 0.2) is 0 Å². The van der Waals surface area contributed by atoms with Crippen molar-refractivity contribution in [2.24, 2.45) is 35.5 Å². The molecular formula is C71H68. The summed E-state index contributed by atoms with van der Waals surface area (Å²) in [6.07, 6.45) is 56.2. The third-order valence-electron chi connectivity index (χ3n) is 19.7. The maximum absolute atomic E-state index is 2.87. The van der Waals surface area contributed by atoms with Crippen LogP contribution in [0.4, 0.5) is 0 Å². The van der Waals surface area contributed by atoms with Crippen LogP contribution in [0, 0.1) is 35.5 Å². The van der Waals surface area contributed by atoms with Crippen LogP contribution in [0.1, 0.15) is 144 Å². The molecule has 1 saturated carbocycles. The molecule has 0 nitrogen and oxygen atoms in total. The van der Waals surface area contributed by atoms with E-state index in [-0.39, 0.29) is 0 Å². The van der Waals surface area contributed by atoms with Crippen LogP contribution in [0.3, 0.4) is 0 Å². The first kappa shape index (κ1) is 42.7. The molecule has 352 valence electrons. The summed E-state index contributed by atoms with van der Waals surface area (Å²) in [5.74, 6) is 4.20. The Balaban J connectivity index is 1.01. The van der Waals surface area contributed by atoms with Crippen LogP contribution in [-0.2, 0) is 0 Å². The zero-order chi connectivity index (χ0) is 46.6. The van der Waals surface area contributed by atoms with Crippen molar-refractivity contribution >= 4 is 38.3 Å². The maximum Gasteiger partial charge on any atom is 0.00247 e. The monoisotopic (exact) mass is 921 g/mol. The molecule has 0 aromatic heterocycles. The quantitative estimate of drug-likeness (QED) is 0.111. The van der Waals surface area contributed by atoms with E-state index in [1.54, 1.807) is 39.0 Å². The number of rotatable bonds is 7. The number of fused-ring (bicyclic) bond motifs is 8. The van der Waals surface area contributed by atoms with Crippen LogP contribution < -0.4 is 0 Å². The molecule has 0 heteroatoms. The first-order valence-electron chi connectivity index (χ1n) is 28.5. The highest BCUT2D eigenvalue weighted by molar-refractivity contribution is 6.29. The molecular weight excluding hydrogens is 853 g/mol. The fourth-order valence-electron chi connectivity index (χ4n) is 16.6. The molecule has 7 atom stereocenters. The lowest BCUT2D eigenvalue weighted by atomic mass is 9.62. The summed E-state index contributed by atoms with van der Waals surface area (Å²) in [5, 5.41) is 5.82. The number of allylic oxidation sites excluding steroid dienone is 20. The Bertz CT molecular complexity index is 3410. The fourth-order valence-corrected chi connectivity index (χ4v) is 16.6. The minimum Gasteiger partial charge on any atom is -0.0885 e. The van der Waals surface area contributed by atoms with Gasteiger partial charge in [0, 0.05) is 5.92 Å². The summed E-state index contributed by atoms with van der Waals surface area (Å²) < 4.78 is 0. The van der Waals surface area contributed by atoms with Gasteiger partial charge in [0.2, 0.25) is 0 Å². The smallest absolute Gasteiger partial charge is 0.00247 e. The standard InChI is InChI=1S/C71H68/c1-5-19-44(20-6-1)48-27-15-29-50(39-48)65-64-43-63-54-32-14-13-31-53(54)56-33-17-35-58(68(56)63)69(64)66(51-30-16-28-49(40-51)45-21-7-2-8-22-45)71-59-36-18-34-57-55(37-38-60(67(57)59)70(65)71)62-42-52(46-23-9-3-10-24-46)41-61(62)47-25-11-4-12-26-47/h3,7,9,11,13-14,16-17,19,21-22,25,28-33,35,37-41,43,46-47,52,57,59,62,67H,1-2,4-6,8,10,12,15,18,20,23-24,26-27,34,36,42H2. The lowest BCUT2D eigenvalue weighted by Gasteiger charge is -2.42. The predicted octanol–water partition coefficient (Wildman–Crippen LogP) is 19.8. The van der Waals surface area contributed by atoms with Crippen LogP contribution in [0.2, 0.25) is 0 Å². The lowest BCUT2D eigenvalue weighted by molar-refractivity contribution is 0.273. The van der Waals surface area contributed by atoms with Gasteiger partial charge >= 0.3 is 0 Å². The summed E-state index contributed by atoms with van der Waals surface area (Å²) in [5.41, 5.74) is 26.0. The summed E-state index contributed by atoms with van der Waals surface area (Å²) in [6.45, 7) is 0. The largest absolute Gasteiger partial charge is 0.0885 e. The molecule has 10 aliphatic carbocycles. The van der Waals surface area contributed by atoms with Gasteiger partial charge in [-0.1, -0.05) is 157 Å². The molecule has 0 spiro atoms. The van der Waals surface area contributed by atoms with E-state index >= 15 is 0 Å². The second-order valence-corrected chi connectivity index (χ2v) is 23.3. The van der Waals surface area contributed by atoms with E-state index in [1.165, 1.54) is 167 Å².